The molecule has 0 aliphatic heterocycles. The molecule has 0 spiro atoms. The first kappa shape index (κ1) is 15.6. The number of nitrogens with two attached hydrogens (primary N) is 1. The Hall–Kier alpha value is -0.450. The van der Waals surface area contributed by atoms with Gasteiger partial charge in [-0.25, -0.2) is 0 Å². The van der Waals surface area contributed by atoms with Crippen molar-refractivity contribution in [2.75, 3.05) is 0 Å². The van der Waals surface area contributed by atoms with Gasteiger partial charge in [0.25, 0.3) is 0 Å². The van der Waals surface area contributed by atoms with Crippen molar-refractivity contribution in [3.8, 4) is 0 Å². The van der Waals surface area contributed by atoms with Gasteiger partial charge in [0, 0.05) is 17.5 Å². The van der Waals surface area contributed by atoms with Crippen LogP contribution in [0.2, 0.25) is 5.02 Å². The molecule has 0 saturated carbocycles. The van der Waals surface area contributed by atoms with Gasteiger partial charge in [-0.3, -0.25) is 0 Å². The summed E-state index contributed by atoms with van der Waals surface area (Å²) in [5.74, 6) is 0. The van der Waals surface area contributed by atoms with Gasteiger partial charge in [0.15, 0.2) is 0 Å². The Labute approximate surface area is 103 Å². The third-order valence-electron chi connectivity index (χ3n) is 2.04. The smallest absolute Gasteiger partial charge is 0.324 e. The highest BCUT2D eigenvalue weighted by Crippen LogP contribution is 2.26. The fourth-order valence-electron chi connectivity index (χ4n) is 1.20. The second kappa shape index (κ2) is 6.33. The van der Waals surface area contributed by atoms with Crippen LogP contribution in [0.1, 0.15) is 24.4 Å². The van der Waals surface area contributed by atoms with Gasteiger partial charge in [0.2, 0.25) is 0 Å². The molecule has 1 atom stereocenters. The minimum Gasteiger partial charge on any atom is -0.324 e. The van der Waals surface area contributed by atoms with Crippen molar-refractivity contribution >= 4 is 24.0 Å². The molecule has 0 aliphatic rings. The topological polar surface area (TPSA) is 26.0 Å². The summed E-state index contributed by atoms with van der Waals surface area (Å²) in [6.07, 6.45) is -5.12. The highest BCUT2D eigenvalue weighted by Gasteiger charge is 2.27. The van der Waals surface area contributed by atoms with E-state index in [9.17, 15) is 13.2 Å². The predicted octanol–water partition coefficient (Wildman–Crippen LogP) is 4.10. The van der Waals surface area contributed by atoms with Crippen LogP contribution < -0.4 is 5.73 Å². The molecule has 0 unspecified atom stereocenters. The van der Waals surface area contributed by atoms with E-state index in [2.05, 4.69) is 0 Å². The molecule has 1 aromatic carbocycles. The van der Waals surface area contributed by atoms with E-state index in [0.29, 0.717) is 10.6 Å². The van der Waals surface area contributed by atoms with Crippen molar-refractivity contribution in [2.45, 2.75) is 25.1 Å². The standard InChI is InChI=1S/C10H11ClF3N.ClH/c11-8-3-1-7(2-4-8)9(15)5-6-10(12,13)14;/h1-4,9H,5-6,15H2;1H/t9-;/m0./s1. The Bertz CT molecular complexity index is 311. The van der Waals surface area contributed by atoms with Gasteiger partial charge in [-0.15, -0.1) is 12.4 Å². The largest absolute Gasteiger partial charge is 0.389 e. The third-order valence-corrected chi connectivity index (χ3v) is 2.29. The van der Waals surface area contributed by atoms with Crippen LogP contribution >= 0.6 is 24.0 Å². The summed E-state index contributed by atoms with van der Waals surface area (Å²) in [4.78, 5) is 0. The monoisotopic (exact) mass is 273 g/mol. The maximum absolute atomic E-state index is 11.9. The lowest BCUT2D eigenvalue weighted by Crippen LogP contribution is -2.15. The number of hydrogen-bond acceptors (Lipinski definition) is 1. The van der Waals surface area contributed by atoms with E-state index in [1.165, 1.54) is 0 Å². The van der Waals surface area contributed by atoms with Crippen molar-refractivity contribution in [3.63, 3.8) is 0 Å². The molecule has 0 heterocycles. The summed E-state index contributed by atoms with van der Waals surface area (Å²) in [7, 11) is 0. The average Bonchev–Trinajstić information content (AvgIpc) is 2.14. The molecule has 0 aromatic heterocycles. The predicted molar refractivity (Wildman–Crippen MR) is 60.9 cm³/mol. The summed E-state index contributed by atoms with van der Waals surface area (Å²) >= 11 is 5.65. The minimum absolute atomic E-state index is 0. The van der Waals surface area contributed by atoms with Crippen molar-refractivity contribution in [1.29, 1.82) is 0 Å². The van der Waals surface area contributed by atoms with Gasteiger partial charge in [-0.2, -0.15) is 13.2 Å². The van der Waals surface area contributed by atoms with Crippen LogP contribution in [0, 0.1) is 0 Å². The van der Waals surface area contributed by atoms with Gasteiger partial charge in [0.1, 0.15) is 0 Å². The van der Waals surface area contributed by atoms with E-state index in [1.807, 2.05) is 0 Å². The normalized spacial score (nSPS) is 13.1. The van der Waals surface area contributed by atoms with Crippen LogP contribution in [0.15, 0.2) is 24.3 Å². The minimum atomic E-state index is -4.15. The van der Waals surface area contributed by atoms with Gasteiger partial charge >= 0.3 is 6.18 Å². The van der Waals surface area contributed by atoms with E-state index < -0.39 is 18.6 Å². The molecule has 16 heavy (non-hydrogen) atoms. The van der Waals surface area contributed by atoms with Crippen molar-refractivity contribution in [2.24, 2.45) is 5.73 Å². The zero-order valence-corrected chi connectivity index (χ0v) is 9.87. The zero-order chi connectivity index (χ0) is 11.5. The Balaban J connectivity index is 0.00000225. The van der Waals surface area contributed by atoms with Crippen molar-refractivity contribution in [3.05, 3.63) is 34.9 Å². The first-order valence-electron chi connectivity index (χ1n) is 4.46. The maximum atomic E-state index is 11.9. The molecule has 0 radical (unpaired) electrons. The lowest BCUT2D eigenvalue weighted by atomic mass is 10.0. The lowest BCUT2D eigenvalue weighted by molar-refractivity contribution is -0.136. The molecule has 6 heteroatoms. The molecule has 0 amide bonds. The Morgan fingerprint density at radius 2 is 1.69 bits per heavy atom. The van der Waals surface area contributed by atoms with Crippen LogP contribution in [-0.2, 0) is 0 Å². The summed E-state index contributed by atoms with van der Waals surface area (Å²) in [5, 5.41) is 0.543. The highest BCUT2D eigenvalue weighted by atomic mass is 35.5. The molecule has 1 aromatic rings. The number of halogens is 5. The van der Waals surface area contributed by atoms with Gasteiger partial charge in [0.05, 0.1) is 0 Å². The van der Waals surface area contributed by atoms with Gasteiger partial charge < -0.3 is 5.73 Å². The van der Waals surface area contributed by atoms with Crippen molar-refractivity contribution < 1.29 is 13.2 Å². The lowest BCUT2D eigenvalue weighted by Gasteiger charge is -2.13. The molecular formula is C10H12Cl2F3N. The van der Waals surface area contributed by atoms with Gasteiger partial charge in [-0.1, -0.05) is 23.7 Å². The van der Waals surface area contributed by atoms with E-state index in [1.54, 1.807) is 24.3 Å². The second-order valence-electron chi connectivity index (χ2n) is 3.31. The SMILES string of the molecule is Cl.N[C@@H](CCC(F)(F)F)c1ccc(Cl)cc1. The molecule has 0 bridgehead atoms. The molecule has 0 saturated heterocycles. The molecular weight excluding hydrogens is 262 g/mol. The summed E-state index contributed by atoms with van der Waals surface area (Å²) in [5.41, 5.74) is 6.28. The van der Waals surface area contributed by atoms with Gasteiger partial charge in [-0.05, 0) is 24.1 Å². The summed E-state index contributed by atoms with van der Waals surface area (Å²) < 4.78 is 35.8. The molecule has 2 N–H and O–H groups in total. The Kier molecular flexibility index (Phi) is 6.15. The van der Waals surface area contributed by atoms with E-state index in [-0.39, 0.29) is 18.8 Å². The molecule has 1 nitrogen and oxygen atoms in total. The van der Waals surface area contributed by atoms with Crippen molar-refractivity contribution in [1.82, 2.24) is 0 Å². The fraction of sp³-hybridized carbons (Fsp3) is 0.400. The molecule has 0 fully saturated rings. The van der Waals surface area contributed by atoms with Crippen LogP contribution in [0.3, 0.4) is 0 Å². The third kappa shape index (κ3) is 5.58. The van der Waals surface area contributed by atoms with Crippen LogP contribution in [0.5, 0.6) is 0 Å². The Morgan fingerprint density at radius 1 is 1.19 bits per heavy atom. The number of alkyl halides is 3. The highest BCUT2D eigenvalue weighted by molar-refractivity contribution is 6.30. The quantitative estimate of drug-likeness (QED) is 0.882. The van der Waals surface area contributed by atoms with E-state index >= 15 is 0 Å². The van der Waals surface area contributed by atoms with Crippen LogP contribution in [0.4, 0.5) is 13.2 Å². The van der Waals surface area contributed by atoms with E-state index in [0.717, 1.165) is 0 Å². The number of rotatable bonds is 3. The molecule has 92 valence electrons. The van der Waals surface area contributed by atoms with Crippen LogP contribution in [0.25, 0.3) is 0 Å². The summed E-state index contributed by atoms with van der Waals surface area (Å²) in [6.45, 7) is 0. The first-order valence-corrected chi connectivity index (χ1v) is 4.84. The number of hydrogen-bond donors (Lipinski definition) is 1. The molecule has 1 rings (SSSR count). The first-order chi connectivity index (χ1) is 6.88. The van der Waals surface area contributed by atoms with Crippen LogP contribution in [-0.4, -0.2) is 6.18 Å². The average molecular weight is 274 g/mol. The zero-order valence-electron chi connectivity index (χ0n) is 8.30. The van der Waals surface area contributed by atoms with E-state index in [4.69, 9.17) is 17.3 Å². The second-order valence-corrected chi connectivity index (χ2v) is 3.75. The Morgan fingerprint density at radius 3 is 2.12 bits per heavy atom. The maximum Gasteiger partial charge on any atom is 0.389 e. The molecule has 0 aliphatic carbocycles. The summed E-state index contributed by atoms with van der Waals surface area (Å²) in [6, 6.07) is 5.92. The fourth-order valence-corrected chi connectivity index (χ4v) is 1.32. The number of benzene rings is 1.